The minimum absolute atomic E-state index is 0.421. The molecule has 0 spiro atoms. The number of aromatic amines is 1. The normalized spacial score (nSPS) is 13.5. The summed E-state index contributed by atoms with van der Waals surface area (Å²) in [5, 5.41) is 10.0. The molecule has 5 aromatic rings. The molecule has 0 saturated heterocycles. The Balaban J connectivity index is 1.54. The SMILES string of the molecule is CNc1nc2c3c(c[nH]c3n1)-c1ccc3ncc(cc3c1)OCCOc1cnc(s1)CN2. The van der Waals surface area contributed by atoms with Crippen LogP contribution in [0.1, 0.15) is 5.01 Å². The largest absolute Gasteiger partial charge is 0.488 e. The van der Waals surface area contributed by atoms with Crippen LogP contribution in [-0.2, 0) is 6.54 Å². The van der Waals surface area contributed by atoms with Gasteiger partial charge in [-0.05, 0) is 23.8 Å². The number of anilines is 2. The molecule has 0 atom stereocenters. The van der Waals surface area contributed by atoms with Gasteiger partial charge >= 0.3 is 0 Å². The smallest absolute Gasteiger partial charge is 0.226 e. The van der Waals surface area contributed by atoms with Gasteiger partial charge in [0.25, 0.3) is 0 Å². The van der Waals surface area contributed by atoms with Crippen molar-refractivity contribution in [3.63, 3.8) is 0 Å². The van der Waals surface area contributed by atoms with Crippen molar-refractivity contribution in [1.82, 2.24) is 24.9 Å². The second kappa shape index (κ2) is 7.65. The fourth-order valence-corrected chi connectivity index (χ4v) is 4.49. The number of pyridine rings is 1. The van der Waals surface area contributed by atoms with Gasteiger partial charge < -0.3 is 25.1 Å². The number of hydrogen-bond donors (Lipinski definition) is 3. The standard InChI is InChI=1S/C22H19N7O2S/c1-23-22-28-20-19-15(9-26-20)12-2-3-16-13(6-12)7-14(8-24-16)30-4-5-31-18-11-25-17(32-18)10-27-21(19)29-22/h2-3,6-9,11H,4-5,10H2,1H3,(H3,23,26,27,28,29). The number of ether oxygens (including phenoxy) is 2. The molecule has 0 amide bonds. The summed E-state index contributed by atoms with van der Waals surface area (Å²) < 4.78 is 11.6. The van der Waals surface area contributed by atoms with E-state index in [2.05, 4.69) is 47.7 Å². The molecule has 1 aromatic carbocycles. The van der Waals surface area contributed by atoms with Gasteiger partial charge in [0, 0.05) is 24.2 Å². The number of nitrogens with one attached hydrogen (secondary N) is 3. The molecule has 10 heteroatoms. The highest BCUT2D eigenvalue weighted by molar-refractivity contribution is 7.13. The Kier molecular flexibility index (Phi) is 4.50. The molecular formula is C22H19N7O2S. The molecule has 0 aliphatic carbocycles. The Labute approximate surface area is 186 Å². The van der Waals surface area contributed by atoms with E-state index < -0.39 is 0 Å². The summed E-state index contributed by atoms with van der Waals surface area (Å²) >= 11 is 1.50. The number of rotatable bonds is 1. The highest BCUT2D eigenvalue weighted by atomic mass is 32.1. The molecule has 32 heavy (non-hydrogen) atoms. The summed E-state index contributed by atoms with van der Waals surface area (Å²) in [6.07, 6.45) is 5.43. The minimum atomic E-state index is 0.421. The quantitative estimate of drug-likeness (QED) is 0.354. The maximum Gasteiger partial charge on any atom is 0.226 e. The minimum Gasteiger partial charge on any atom is -0.488 e. The zero-order valence-electron chi connectivity index (χ0n) is 17.2. The van der Waals surface area contributed by atoms with Crippen LogP contribution in [0.5, 0.6) is 10.8 Å². The number of nitrogens with zero attached hydrogens (tertiary/aromatic N) is 4. The van der Waals surface area contributed by atoms with Gasteiger partial charge in [0.15, 0.2) is 5.06 Å². The molecule has 1 aliphatic heterocycles. The average Bonchev–Trinajstić information content (AvgIpc) is 3.46. The lowest BCUT2D eigenvalue weighted by Gasteiger charge is -2.10. The Morgan fingerprint density at radius 2 is 2.00 bits per heavy atom. The van der Waals surface area contributed by atoms with Crippen molar-refractivity contribution in [2.75, 3.05) is 30.9 Å². The van der Waals surface area contributed by atoms with Gasteiger partial charge in [-0.15, -0.1) is 0 Å². The van der Waals surface area contributed by atoms with Crippen molar-refractivity contribution in [2.24, 2.45) is 0 Å². The van der Waals surface area contributed by atoms with E-state index in [1.807, 2.05) is 18.3 Å². The second-order valence-electron chi connectivity index (χ2n) is 7.27. The second-order valence-corrected chi connectivity index (χ2v) is 8.35. The van der Waals surface area contributed by atoms with Crippen LogP contribution in [0.2, 0.25) is 0 Å². The summed E-state index contributed by atoms with van der Waals surface area (Å²) in [5.74, 6) is 1.97. The maximum atomic E-state index is 5.86. The average molecular weight is 446 g/mol. The molecule has 3 N–H and O–H groups in total. The van der Waals surface area contributed by atoms with Gasteiger partial charge in [-0.25, -0.2) is 4.98 Å². The van der Waals surface area contributed by atoms with Crippen LogP contribution >= 0.6 is 11.3 Å². The molecule has 0 fully saturated rings. The third kappa shape index (κ3) is 3.34. The highest BCUT2D eigenvalue weighted by Gasteiger charge is 2.16. The van der Waals surface area contributed by atoms with Crippen LogP contribution in [-0.4, -0.2) is 45.2 Å². The van der Waals surface area contributed by atoms with Gasteiger partial charge in [-0.3, -0.25) is 4.98 Å². The Bertz CT molecular complexity index is 1450. The Hall–Kier alpha value is -3.92. The zero-order valence-corrected chi connectivity index (χ0v) is 18.0. The highest BCUT2D eigenvalue weighted by Crippen LogP contribution is 2.35. The van der Waals surface area contributed by atoms with E-state index in [1.54, 1.807) is 19.4 Å². The van der Waals surface area contributed by atoms with Gasteiger partial charge in [0.2, 0.25) is 5.95 Å². The molecule has 5 heterocycles. The summed E-state index contributed by atoms with van der Waals surface area (Å²) in [7, 11) is 1.80. The first kappa shape index (κ1) is 18.8. The summed E-state index contributed by atoms with van der Waals surface area (Å²) in [6, 6.07) is 8.17. The zero-order chi connectivity index (χ0) is 21.5. The van der Waals surface area contributed by atoms with Crippen molar-refractivity contribution < 1.29 is 9.47 Å². The lowest BCUT2D eigenvalue weighted by atomic mass is 10.0. The monoisotopic (exact) mass is 445 g/mol. The van der Waals surface area contributed by atoms with Gasteiger partial charge in [0.05, 0.1) is 29.8 Å². The predicted octanol–water partition coefficient (Wildman–Crippen LogP) is 4.05. The third-order valence-corrected chi connectivity index (χ3v) is 6.17. The maximum absolute atomic E-state index is 5.86. The van der Waals surface area contributed by atoms with Crippen molar-refractivity contribution >= 4 is 45.0 Å². The van der Waals surface area contributed by atoms with Gasteiger partial charge in [-0.1, -0.05) is 17.4 Å². The number of aromatic nitrogens is 5. The molecule has 160 valence electrons. The Morgan fingerprint density at radius 3 is 2.94 bits per heavy atom. The molecule has 5 bridgehead atoms. The molecule has 9 nitrogen and oxygen atoms in total. The van der Waals surface area contributed by atoms with E-state index >= 15 is 0 Å². The van der Waals surface area contributed by atoms with Crippen LogP contribution in [0.3, 0.4) is 0 Å². The fourth-order valence-electron chi connectivity index (χ4n) is 3.76. The summed E-state index contributed by atoms with van der Waals surface area (Å²) in [4.78, 5) is 21.6. The van der Waals surface area contributed by atoms with Crippen molar-refractivity contribution in [3.05, 3.63) is 47.9 Å². The lowest BCUT2D eigenvalue weighted by Crippen LogP contribution is -2.08. The lowest BCUT2D eigenvalue weighted by molar-refractivity contribution is 0.220. The molecule has 0 saturated carbocycles. The van der Waals surface area contributed by atoms with Crippen molar-refractivity contribution in [2.45, 2.75) is 6.54 Å². The number of thiazole rings is 1. The molecule has 6 rings (SSSR count). The third-order valence-electron chi connectivity index (χ3n) is 5.26. The molecule has 4 aromatic heterocycles. The first-order valence-electron chi connectivity index (χ1n) is 10.2. The molecule has 1 aliphatic rings. The van der Waals surface area contributed by atoms with Gasteiger partial charge in [-0.2, -0.15) is 9.97 Å². The van der Waals surface area contributed by atoms with Gasteiger partial charge in [0.1, 0.15) is 35.4 Å². The van der Waals surface area contributed by atoms with E-state index in [1.165, 1.54) is 11.3 Å². The number of hydrogen-bond acceptors (Lipinski definition) is 9. The number of H-pyrrole nitrogens is 1. The van der Waals surface area contributed by atoms with E-state index in [-0.39, 0.29) is 0 Å². The van der Waals surface area contributed by atoms with Crippen molar-refractivity contribution in [1.29, 1.82) is 0 Å². The Morgan fingerprint density at radius 1 is 1.06 bits per heavy atom. The van der Waals surface area contributed by atoms with Crippen LogP contribution in [0.15, 0.2) is 42.9 Å². The van der Waals surface area contributed by atoms with Crippen LogP contribution < -0.4 is 20.1 Å². The van der Waals surface area contributed by atoms with E-state index in [0.717, 1.165) is 49.0 Å². The molecular weight excluding hydrogens is 426 g/mol. The van der Waals surface area contributed by atoms with E-state index in [9.17, 15) is 0 Å². The first-order chi connectivity index (χ1) is 15.8. The number of fused-ring (bicyclic) bond motifs is 5. The van der Waals surface area contributed by atoms with Crippen LogP contribution in [0, 0.1) is 0 Å². The fraction of sp³-hybridized carbons (Fsp3) is 0.182. The first-order valence-corrected chi connectivity index (χ1v) is 11.0. The van der Waals surface area contributed by atoms with Crippen LogP contribution in [0.4, 0.5) is 11.8 Å². The van der Waals surface area contributed by atoms with E-state index in [0.29, 0.717) is 31.5 Å². The van der Waals surface area contributed by atoms with Crippen LogP contribution in [0.25, 0.3) is 33.1 Å². The molecule has 0 radical (unpaired) electrons. The predicted molar refractivity (Wildman–Crippen MR) is 125 cm³/mol. The van der Waals surface area contributed by atoms with Crippen molar-refractivity contribution in [3.8, 4) is 21.9 Å². The number of benzene rings is 1. The summed E-state index contributed by atoms with van der Waals surface area (Å²) in [5.41, 5.74) is 3.69. The topological polar surface area (TPSA) is 110 Å². The van der Waals surface area contributed by atoms with E-state index in [4.69, 9.17) is 9.47 Å². The molecule has 0 unspecified atom stereocenters. The summed E-state index contributed by atoms with van der Waals surface area (Å²) in [6.45, 7) is 1.37.